The number of phenolic OH excluding ortho intramolecular Hbond substituents is 1. The second-order valence-corrected chi connectivity index (χ2v) is 9.16. The van der Waals surface area contributed by atoms with Crippen molar-refractivity contribution in [2.75, 3.05) is 23.3 Å². The number of rotatable bonds is 5. The summed E-state index contributed by atoms with van der Waals surface area (Å²) in [6.45, 7) is 3.00. The zero-order valence-electron chi connectivity index (χ0n) is 19.9. The van der Waals surface area contributed by atoms with Crippen LogP contribution in [-0.4, -0.2) is 50.0 Å². The number of hydrogen-bond acceptors (Lipinski definition) is 9. The maximum atomic E-state index is 12.4. The molecule has 14 heteroatoms. The maximum Gasteiger partial charge on any atom is 0.225 e. The lowest BCUT2D eigenvalue weighted by Gasteiger charge is -2.16. The maximum absolute atomic E-state index is 12.4. The van der Waals surface area contributed by atoms with Crippen molar-refractivity contribution in [1.82, 2.24) is 19.9 Å². The van der Waals surface area contributed by atoms with Crippen LogP contribution in [0.5, 0.6) is 5.75 Å². The Morgan fingerprint density at radius 3 is 2.32 bits per heavy atom. The van der Waals surface area contributed by atoms with Gasteiger partial charge in [-0.1, -0.05) is 23.2 Å². The Balaban J connectivity index is 0.00000169. The molecule has 0 spiro atoms. The molecule has 1 aliphatic heterocycles. The fourth-order valence-corrected chi connectivity index (χ4v) is 4.48. The molecule has 0 radical (unpaired) electrons. The predicted octanol–water partition coefficient (Wildman–Crippen LogP) is 5.85. The van der Waals surface area contributed by atoms with E-state index in [4.69, 9.17) is 33.9 Å². The smallest absolute Gasteiger partial charge is 0.225 e. The summed E-state index contributed by atoms with van der Waals surface area (Å²) in [5.74, 6) is 0.241. The number of aromatic nitrogens is 4. The third-order valence-corrected chi connectivity index (χ3v) is 6.40. The highest BCUT2D eigenvalue weighted by molar-refractivity contribution is 6.37. The van der Waals surface area contributed by atoms with Gasteiger partial charge in [0.15, 0.2) is 11.5 Å². The van der Waals surface area contributed by atoms with E-state index in [2.05, 4.69) is 20.3 Å². The summed E-state index contributed by atoms with van der Waals surface area (Å²) in [5.41, 5.74) is 9.65. The van der Waals surface area contributed by atoms with Gasteiger partial charge in [-0.15, -0.1) is 37.2 Å². The average molecular weight is 620 g/mol. The van der Waals surface area contributed by atoms with Crippen LogP contribution in [-0.2, 0) is 0 Å². The first-order valence-corrected chi connectivity index (χ1v) is 11.6. The van der Waals surface area contributed by atoms with Gasteiger partial charge in [0.2, 0.25) is 5.95 Å². The number of nitrogens with one attached hydrogen (secondary N) is 1. The highest BCUT2D eigenvalue weighted by Crippen LogP contribution is 2.37. The van der Waals surface area contributed by atoms with Crippen LogP contribution in [0.25, 0.3) is 22.3 Å². The van der Waals surface area contributed by atoms with Gasteiger partial charge in [0.25, 0.3) is 0 Å². The quantitative estimate of drug-likeness (QED) is 0.236. The largest absolute Gasteiger partial charge is 0.505 e. The molecular formula is C24H24Cl5N7O2. The molecule has 1 unspecified atom stereocenters. The van der Waals surface area contributed by atoms with Crippen LogP contribution in [0.2, 0.25) is 10.0 Å². The SMILES string of the molecule is CC(=O)c1cnc2ccc(-c3cc(Cl)c(O)c(Cl)c3)nc2c1Nc1cnc(N2CCC(N)C2)nc1.Cl.Cl.Cl. The minimum atomic E-state index is -0.194. The number of carbonyl (C=O) groups excluding carboxylic acids is 1. The first-order valence-electron chi connectivity index (χ1n) is 10.9. The van der Waals surface area contributed by atoms with Crippen LogP contribution in [0, 0.1) is 0 Å². The summed E-state index contributed by atoms with van der Waals surface area (Å²) in [5, 5.41) is 13.4. The topological polar surface area (TPSA) is 130 Å². The third-order valence-electron chi connectivity index (χ3n) is 5.82. The van der Waals surface area contributed by atoms with Crippen molar-refractivity contribution in [3.05, 3.63) is 58.5 Å². The molecule has 3 aromatic heterocycles. The van der Waals surface area contributed by atoms with E-state index in [9.17, 15) is 9.90 Å². The normalized spacial score (nSPS) is 14.3. The zero-order valence-corrected chi connectivity index (χ0v) is 23.9. The number of pyridine rings is 2. The Morgan fingerprint density at radius 1 is 1.08 bits per heavy atom. The summed E-state index contributed by atoms with van der Waals surface area (Å²) in [7, 11) is 0. The van der Waals surface area contributed by atoms with Gasteiger partial charge < -0.3 is 21.1 Å². The van der Waals surface area contributed by atoms with E-state index in [1.54, 1.807) is 36.7 Å². The van der Waals surface area contributed by atoms with Crippen molar-refractivity contribution in [3.63, 3.8) is 0 Å². The number of nitrogens with two attached hydrogens (primary N) is 1. The van der Waals surface area contributed by atoms with Gasteiger partial charge in [-0.25, -0.2) is 15.0 Å². The number of carbonyl (C=O) groups is 1. The van der Waals surface area contributed by atoms with Gasteiger partial charge in [-0.3, -0.25) is 9.78 Å². The van der Waals surface area contributed by atoms with Crippen molar-refractivity contribution in [2.45, 2.75) is 19.4 Å². The van der Waals surface area contributed by atoms with E-state index < -0.39 is 0 Å². The lowest BCUT2D eigenvalue weighted by Crippen LogP contribution is -2.27. The molecule has 0 aliphatic carbocycles. The first kappa shape index (κ1) is 31.6. The van der Waals surface area contributed by atoms with Crippen molar-refractivity contribution < 1.29 is 9.90 Å². The van der Waals surface area contributed by atoms with Gasteiger partial charge >= 0.3 is 0 Å². The van der Waals surface area contributed by atoms with Gasteiger partial charge in [0.1, 0.15) is 5.52 Å². The van der Waals surface area contributed by atoms with Crippen LogP contribution in [0.3, 0.4) is 0 Å². The molecule has 1 saturated heterocycles. The molecule has 1 atom stereocenters. The van der Waals surface area contributed by atoms with E-state index in [1.165, 1.54) is 13.1 Å². The van der Waals surface area contributed by atoms with E-state index in [1.807, 2.05) is 4.90 Å². The number of aromatic hydroxyl groups is 1. The van der Waals surface area contributed by atoms with Crippen LogP contribution in [0.15, 0.2) is 42.9 Å². The number of phenols is 1. The molecule has 0 bridgehead atoms. The van der Waals surface area contributed by atoms with Crippen LogP contribution >= 0.6 is 60.4 Å². The molecule has 4 aromatic rings. The fraction of sp³-hybridized carbons (Fsp3) is 0.208. The molecule has 1 aromatic carbocycles. The number of anilines is 3. The first-order chi connectivity index (χ1) is 16.8. The monoisotopic (exact) mass is 617 g/mol. The van der Waals surface area contributed by atoms with Gasteiger partial charge in [0, 0.05) is 30.9 Å². The molecule has 5 rings (SSSR count). The molecule has 1 fully saturated rings. The molecule has 38 heavy (non-hydrogen) atoms. The average Bonchev–Trinajstić information content (AvgIpc) is 3.28. The van der Waals surface area contributed by atoms with Crippen LogP contribution < -0.4 is 16.0 Å². The lowest BCUT2D eigenvalue weighted by atomic mass is 10.1. The molecular weight excluding hydrogens is 596 g/mol. The number of hydrogen-bond donors (Lipinski definition) is 3. The zero-order chi connectivity index (χ0) is 24.7. The van der Waals surface area contributed by atoms with Gasteiger partial charge in [-0.05, 0) is 37.6 Å². The summed E-state index contributed by atoms with van der Waals surface area (Å²) in [4.78, 5) is 32.5. The molecule has 0 saturated carbocycles. The van der Waals surface area contributed by atoms with Crippen LogP contribution in [0.1, 0.15) is 23.7 Å². The van der Waals surface area contributed by atoms with E-state index in [0.717, 1.165) is 13.0 Å². The third kappa shape index (κ3) is 6.31. The van der Waals surface area contributed by atoms with Crippen molar-refractivity contribution in [1.29, 1.82) is 0 Å². The Hall–Kier alpha value is -2.66. The second kappa shape index (κ2) is 12.9. The number of nitrogens with zero attached hydrogens (tertiary/aromatic N) is 5. The molecule has 0 amide bonds. The Labute approximate surface area is 247 Å². The molecule has 202 valence electrons. The summed E-state index contributed by atoms with van der Waals surface area (Å²) in [6.07, 6.45) is 5.74. The van der Waals surface area contributed by atoms with E-state index in [0.29, 0.717) is 51.7 Å². The van der Waals surface area contributed by atoms with Crippen molar-refractivity contribution in [3.8, 4) is 17.0 Å². The molecule has 1 aliphatic rings. The highest BCUT2D eigenvalue weighted by Gasteiger charge is 2.21. The van der Waals surface area contributed by atoms with E-state index in [-0.39, 0.29) is 64.8 Å². The molecule has 4 N–H and O–H groups in total. The number of benzene rings is 1. The number of fused-ring (bicyclic) bond motifs is 1. The second-order valence-electron chi connectivity index (χ2n) is 8.35. The number of halogens is 5. The van der Waals surface area contributed by atoms with Crippen LogP contribution in [0.4, 0.5) is 17.3 Å². The molecule has 4 heterocycles. The fourth-order valence-electron chi connectivity index (χ4n) is 4.00. The molecule has 9 nitrogen and oxygen atoms in total. The standard InChI is InChI=1S/C24H21Cl2N7O2.3ClH/c1-12(34)16-10-28-20-3-2-19(13-6-17(25)23(35)18(26)7-13)32-22(20)21(16)31-15-8-29-24(30-9-15)33-5-4-14(27)11-33;;;/h2-3,6-10,14,35H,4-5,11,27H2,1H3,(H,28,31);3*1H. The predicted molar refractivity (Wildman–Crippen MR) is 159 cm³/mol. The van der Waals surface area contributed by atoms with E-state index >= 15 is 0 Å². The van der Waals surface area contributed by atoms with Crippen molar-refractivity contribution in [2.24, 2.45) is 5.73 Å². The Kier molecular flexibility index (Phi) is 10.7. The number of Topliss-reactive ketones (excluding diaryl/α,β-unsaturated/α-hetero) is 1. The summed E-state index contributed by atoms with van der Waals surface area (Å²) >= 11 is 12.2. The number of ketones is 1. The minimum absolute atomic E-state index is 0. The van der Waals surface area contributed by atoms with Gasteiger partial charge in [0.05, 0.1) is 50.6 Å². The Bertz CT molecular complexity index is 1430. The minimum Gasteiger partial charge on any atom is -0.505 e. The van der Waals surface area contributed by atoms with Crippen molar-refractivity contribution >= 4 is 94.6 Å². The summed E-state index contributed by atoms with van der Waals surface area (Å²) < 4.78 is 0. The Morgan fingerprint density at radius 2 is 1.74 bits per heavy atom. The summed E-state index contributed by atoms with van der Waals surface area (Å²) in [6, 6.07) is 6.82. The van der Waals surface area contributed by atoms with Gasteiger partial charge in [-0.2, -0.15) is 0 Å². The lowest BCUT2D eigenvalue weighted by molar-refractivity contribution is 0.101. The highest BCUT2D eigenvalue weighted by atomic mass is 35.5.